The number of nitrogens with zero attached hydrogens (tertiary/aromatic N) is 2. The SMILES string of the molecule is CC(=O)C1C(C(C)(C)C)C2c3ccncc3NC2N1C. The molecule has 1 aromatic heterocycles. The molecule has 0 saturated carbocycles. The lowest BCUT2D eigenvalue weighted by Gasteiger charge is -2.35. The van der Waals surface area contributed by atoms with E-state index >= 15 is 0 Å². The van der Waals surface area contributed by atoms with Crippen molar-refractivity contribution in [3.8, 4) is 0 Å². The number of likely N-dealkylation sites (tertiary alicyclic amines) is 1. The first-order chi connectivity index (χ1) is 9.32. The highest BCUT2D eigenvalue weighted by Gasteiger charge is 2.56. The minimum atomic E-state index is -0.0150. The van der Waals surface area contributed by atoms with E-state index in [0.717, 1.165) is 5.69 Å². The number of fused-ring (bicyclic) bond motifs is 3. The van der Waals surface area contributed by atoms with E-state index in [9.17, 15) is 4.79 Å². The van der Waals surface area contributed by atoms with Gasteiger partial charge in [0.25, 0.3) is 0 Å². The Kier molecular flexibility index (Phi) is 2.91. The van der Waals surface area contributed by atoms with Gasteiger partial charge in [-0.2, -0.15) is 0 Å². The molecule has 2 aliphatic heterocycles. The summed E-state index contributed by atoms with van der Waals surface area (Å²) in [7, 11) is 2.06. The van der Waals surface area contributed by atoms with E-state index in [1.807, 2.05) is 12.4 Å². The highest BCUT2D eigenvalue weighted by atomic mass is 16.1. The lowest BCUT2D eigenvalue weighted by Crippen LogP contribution is -2.43. The minimum absolute atomic E-state index is 0.0150. The summed E-state index contributed by atoms with van der Waals surface area (Å²) in [6.07, 6.45) is 3.94. The van der Waals surface area contributed by atoms with E-state index < -0.39 is 0 Å². The summed E-state index contributed by atoms with van der Waals surface area (Å²) in [5.41, 5.74) is 2.50. The number of ketones is 1. The fourth-order valence-corrected chi connectivity index (χ4v) is 4.16. The molecule has 1 N–H and O–H groups in total. The number of carbonyl (C=O) groups excluding carboxylic acids is 1. The number of carbonyl (C=O) groups is 1. The van der Waals surface area contributed by atoms with Gasteiger partial charge in [-0.05, 0) is 36.9 Å². The van der Waals surface area contributed by atoms with E-state index in [4.69, 9.17) is 0 Å². The average Bonchev–Trinajstić information content (AvgIpc) is 2.84. The molecule has 4 heteroatoms. The van der Waals surface area contributed by atoms with E-state index in [-0.39, 0.29) is 23.4 Å². The van der Waals surface area contributed by atoms with Gasteiger partial charge in [0.05, 0.1) is 24.1 Å². The van der Waals surface area contributed by atoms with Crippen molar-refractivity contribution in [2.45, 2.75) is 45.8 Å². The molecule has 0 bridgehead atoms. The van der Waals surface area contributed by atoms with Crippen LogP contribution >= 0.6 is 0 Å². The molecule has 4 nitrogen and oxygen atoms in total. The summed E-state index contributed by atoms with van der Waals surface area (Å²) in [5.74, 6) is 0.928. The Morgan fingerprint density at radius 1 is 1.40 bits per heavy atom. The van der Waals surface area contributed by atoms with Crippen molar-refractivity contribution < 1.29 is 4.79 Å². The summed E-state index contributed by atoms with van der Waals surface area (Å²) in [5, 5.41) is 3.54. The third-order valence-electron chi connectivity index (χ3n) is 4.88. The molecule has 0 amide bonds. The van der Waals surface area contributed by atoms with Crippen LogP contribution in [0.5, 0.6) is 0 Å². The molecule has 1 aromatic rings. The molecule has 0 radical (unpaired) electrons. The number of anilines is 1. The van der Waals surface area contributed by atoms with Crippen LogP contribution in [0, 0.1) is 11.3 Å². The molecule has 1 fully saturated rings. The van der Waals surface area contributed by atoms with Crippen molar-refractivity contribution in [2.24, 2.45) is 11.3 Å². The van der Waals surface area contributed by atoms with Crippen LogP contribution in [0.25, 0.3) is 0 Å². The molecule has 4 atom stereocenters. The maximum atomic E-state index is 12.2. The number of rotatable bonds is 1. The van der Waals surface area contributed by atoms with Crippen LogP contribution in [0.3, 0.4) is 0 Å². The summed E-state index contributed by atoms with van der Waals surface area (Å²) in [4.78, 5) is 18.6. The first-order valence-corrected chi connectivity index (χ1v) is 7.25. The smallest absolute Gasteiger partial charge is 0.147 e. The van der Waals surface area contributed by atoms with Gasteiger partial charge in [-0.1, -0.05) is 20.8 Å². The van der Waals surface area contributed by atoms with Crippen LogP contribution < -0.4 is 5.32 Å². The maximum Gasteiger partial charge on any atom is 0.147 e. The molecule has 0 aliphatic carbocycles. The Hall–Kier alpha value is -1.42. The van der Waals surface area contributed by atoms with Gasteiger partial charge in [0.1, 0.15) is 5.78 Å². The Morgan fingerprint density at radius 2 is 2.10 bits per heavy atom. The zero-order chi connectivity index (χ0) is 14.7. The van der Waals surface area contributed by atoms with E-state index in [1.54, 1.807) is 6.92 Å². The molecule has 3 rings (SSSR count). The molecule has 2 aliphatic rings. The number of hydrogen-bond acceptors (Lipinski definition) is 4. The minimum Gasteiger partial charge on any atom is -0.368 e. The summed E-state index contributed by atoms with van der Waals surface area (Å²) >= 11 is 0. The van der Waals surface area contributed by atoms with Crippen LogP contribution in [-0.2, 0) is 4.79 Å². The van der Waals surface area contributed by atoms with Crippen molar-refractivity contribution in [1.82, 2.24) is 9.88 Å². The Bertz CT molecular complexity index is 549. The monoisotopic (exact) mass is 273 g/mol. The standard InChI is InChI=1S/C16H23N3O/c1-9(20)14-13(16(2,3)4)12-10-6-7-17-8-11(10)18-15(12)19(14)5/h6-8,12-15,18H,1-5H3. The van der Waals surface area contributed by atoms with Crippen LogP contribution in [-0.4, -0.2) is 34.9 Å². The van der Waals surface area contributed by atoms with E-state index in [2.05, 4.69) is 49.1 Å². The van der Waals surface area contributed by atoms with Gasteiger partial charge in [0, 0.05) is 12.1 Å². The predicted molar refractivity (Wildman–Crippen MR) is 79.6 cm³/mol. The van der Waals surface area contributed by atoms with Crippen LogP contribution in [0.4, 0.5) is 5.69 Å². The number of nitrogens with one attached hydrogen (secondary N) is 1. The van der Waals surface area contributed by atoms with Gasteiger partial charge in [-0.25, -0.2) is 0 Å². The van der Waals surface area contributed by atoms with Crippen molar-refractivity contribution >= 4 is 11.5 Å². The number of aromatic nitrogens is 1. The average molecular weight is 273 g/mol. The van der Waals surface area contributed by atoms with Crippen molar-refractivity contribution in [2.75, 3.05) is 12.4 Å². The fraction of sp³-hybridized carbons (Fsp3) is 0.625. The van der Waals surface area contributed by atoms with Gasteiger partial charge in [-0.15, -0.1) is 0 Å². The van der Waals surface area contributed by atoms with Gasteiger partial charge in [0.2, 0.25) is 0 Å². The molecule has 4 unspecified atom stereocenters. The zero-order valence-corrected chi connectivity index (χ0v) is 12.8. The normalized spacial score (nSPS) is 32.6. The molecule has 0 spiro atoms. The summed E-state index contributed by atoms with van der Waals surface area (Å²) in [6.45, 7) is 8.43. The third-order valence-corrected chi connectivity index (χ3v) is 4.88. The first-order valence-electron chi connectivity index (χ1n) is 7.25. The lowest BCUT2D eigenvalue weighted by molar-refractivity contribution is -0.123. The zero-order valence-electron chi connectivity index (χ0n) is 12.8. The molecule has 1 saturated heterocycles. The highest BCUT2D eigenvalue weighted by molar-refractivity contribution is 5.83. The fourth-order valence-electron chi connectivity index (χ4n) is 4.16. The van der Waals surface area contributed by atoms with Gasteiger partial charge in [0.15, 0.2) is 0 Å². The quantitative estimate of drug-likeness (QED) is 0.854. The van der Waals surface area contributed by atoms with Crippen molar-refractivity contribution in [3.05, 3.63) is 24.0 Å². The molecule has 108 valence electrons. The Balaban J connectivity index is 2.11. The third kappa shape index (κ3) is 1.78. The second-order valence-electron chi connectivity index (χ2n) is 7.19. The Labute approximate surface area is 120 Å². The highest BCUT2D eigenvalue weighted by Crippen LogP contribution is 2.54. The van der Waals surface area contributed by atoms with Crippen LogP contribution in [0.2, 0.25) is 0 Å². The molecule has 20 heavy (non-hydrogen) atoms. The second-order valence-corrected chi connectivity index (χ2v) is 7.19. The molecule has 3 heterocycles. The number of likely N-dealkylation sites (N-methyl/N-ethyl adjacent to an activating group) is 1. The van der Waals surface area contributed by atoms with E-state index in [1.165, 1.54) is 5.56 Å². The summed E-state index contributed by atoms with van der Waals surface area (Å²) < 4.78 is 0. The number of hydrogen-bond donors (Lipinski definition) is 1. The number of pyridine rings is 1. The predicted octanol–water partition coefficient (Wildman–Crippen LogP) is 2.48. The summed E-state index contributed by atoms with van der Waals surface area (Å²) in [6, 6.07) is 2.08. The topological polar surface area (TPSA) is 45.2 Å². The van der Waals surface area contributed by atoms with Gasteiger partial charge < -0.3 is 5.32 Å². The first kappa shape index (κ1) is 13.6. The maximum absolute atomic E-state index is 12.2. The van der Waals surface area contributed by atoms with Gasteiger partial charge >= 0.3 is 0 Å². The number of Topliss-reactive ketones (excluding diaryl/α,β-unsaturated/α-hetero) is 1. The van der Waals surface area contributed by atoms with Gasteiger partial charge in [-0.3, -0.25) is 14.7 Å². The van der Waals surface area contributed by atoms with Crippen molar-refractivity contribution in [3.63, 3.8) is 0 Å². The Morgan fingerprint density at radius 3 is 2.70 bits per heavy atom. The lowest BCUT2D eigenvalue weighted by atomic mass is 9.69. The molecule has 0 aromatic carbocycles. The molecular formula is C16H23N3O. The van der Waals surface area contributed by atoms with Crippen molar-refractivity contribution in [1.29, 1.82) is 0 Å². The van der Waals surface area contributed by atoms with E-state index in [0.29, 0.717) is 11.8 Å². The molecular weight excluding hydrogens is 250 g/mol. The second kappa shape index (κ2) is 4.29. The van der Waals surface area contributed by atoms with Crippen LogP contribution in [0.15, 0.2) is 18.5 Å². The largest absolute Gasteiger partial charge is 0.368 e. The van der Waals surface area contributed by atoms with Crippen LogP contribution in [0.1, 0.15) is 39.2 Å².